The largest absolute Gasteiger partial charge is 0.147 e. The molecule has 0 radical (unpaired) electrons. The zero-order valence-electron chi connectivity index (χ0n) is 14.8. The molecule has 0 aromatic rings. The summed E-state index contributed by atoms with van der Waals surface area (Å²) in [7, 11) is -5.56. The van der Waals surface area contributed by atoms with Crippen LogP contribution in [0.25, 0.3) is 0 Å². The van der Waals surface area contributed by atoms with E-state index in [1.54, 1.807) is 0 Å². The van der Waals surface area contributed by atoms with Gasteiger partial charge in [0, 0.05) is 0 Å². The first kappa shape index (κ1) is 22.1. The summed E-state index contributed by atoms with van der Waals surface area (Å²) in [6.45, 7) is 17.8. The van der Waals surface area contributed by atoms with Gasteiger partial charge in [-0.2, -0.15) is 0 Å². The van der Waals surface area contributed by atoms with Crippen molar-refractivity contribution in [2.75, 3.05) is 0 Å². The molecule has 3 heteroatoms. The van der Waals surface area contributed by atoms with Crippen LogP contribution < -0.4 is 0 Å². The molecule has 0 bridgehead atoms. The quantitative estimate of drug-likeness (QED) is 0.343. The van der Waals surface area contributed by atoms with Gasteiger partial charge in [-0.3, -0.25) is 0 Å². The van der Waals surface area contributed by atoms with Crippen molar-refractivity contribution in [2.45, 2.75) is 93.9 Å². The maximum atomic E-state index is 16.1. The van der Waals surface area contributed by atoms with E-state index in [-0.39, 0.29) is 12.4 Å². The van der Waals surface area contributed by atoms with Crippen molar-refractivity contribution in [3.05, 3.63) is 0 Å². The summed E-state index contributed by atoms with van der Waals surface area (Å²) in [4.78, 5) is 6.89. The van der Waals surface area contributed by atoms with Crippen LogP contribution in [0.5, 0.6) is 0 Å². The normalized spacial score (nSPS) is 23.5. The Balaban J connectivity index is 0. The Hall–Kier alpha value is 0.778. The second-order valence-electron chi connectivity index (χ2n) is 6.95. The van der Waals surface area contributed by atoms with Crippen LogP contribution in [0.1, 0.15) is 55.4 Å². The molecule has 1 nitrogen and oxygen atoms in total. The van der Waals surface area contributed by atoms with Gasteiger partial charge in [-0.05, 0) is 0 Å². The van der Waals surface area contributed by atoms with Crippen LogP contribution in [-0.2, 0) is 13.2 Å². The summed E-state index contributed by atoms with van der Waals surface area (Å²) >= 11 is 0. The third-order valence-corrected chi connectivity index (χ3v) is 78.5. The standard InChI is InChI=1S/8C2H5.ClH.O.Pt/c8*1-2;;;/h8*1H2,2H3;1H;;. The second-order valence-corrected chi connectivity index (χ2v) is 56.9. The maximum absolute atomic E-state index is 16.1. The van der Waals surface area contributed by atoms with Gasteiger partial charge < -0.3 is 0 Å². The molecule has 0 atom stereocenters. The van der Waals surface area contributed by atoms with E-state index >= 15 is 3.40 Å². The van der Waals surface area contributed by atoms with Gasteiger partial charge in [-0.25, -0.2) is 0 Å². The average molecular weight is 480 g/mol. The molecule has 128 valence electrons. The molecule has 0 aromatic heterocycles. The molecule has 0 N–H and O–H groups in total. The fourth-order valence-electron chi connectivity index (χ4n) is 4.43. The summed E-state index contributed by atoms with van der Waals surface area (Å²) in [5.74, 6) is 0. The molecule has 0 saturated heterocycles. The van der Waals surface area contributed by atoms with Crippen LogP contribution >= 0.6 is 12.4 Å². The van der Waals surface area contributed by atoms with Gasteiger partial charge in [0.15, 0.2) is 0 Å². The third kappa shape index (κ3) is 1.26. The summed E-state index contributed by atoms with van der Waals surface area (Å²) in [5, 5.41) is 0. The van der Waals surface area contributed by atoms with Crippen LogP contribution in [0.15, 0.2) is 0 Å². The van der Waals surface area contributed by atoms with Crippen LogP contribution in [0.4, 0.5) is 0 Å². The van der Waals surface area contributed by atoms with E-state index in [2.05, 4.69) is 55.4 Å². The average Bonchev–Trinajstić information content (AvgIpc) is 2.51. The van der Waals surface area contributed by atoms with Crippen molar-refractivity contribution in [1.29, 1.82) is 0 Å². The Labute approximate surface area is 119 Å². The van der Waals surface area contributed by atoms with E-state index in [1.165, 1.54) is 0 Å². The summed E-state index contributed by atoms with van der Waals surface area (Å²) < 4.78 is 16.1. The van der Waals surface area contributed by atoms with Crippen LogP contribution in [0.2, 0.25) is 38.5 Å². The van der Waals surface area contributed by atoms with Crippen LogP contribution in [0.3, 0.4) is 0 Å². The smallest absolute Gasteiger partial charge is 0.147 e. The topological polar surface area (TPSA) is 17.1 Å². The molecule has 0 aromatic carbocycles. The third-order valence-electron chi connectivity index (χ3n) is 9.58. The van der Waals surface area contributed by atoms with Gasteiger partial charge in [0.1, 0.15) is 0 Å². The van der Waals surface area contributed by atoms with E-state index < -0.39 is 9.76 Å². The summed E-state index contributed by atoms with van der Waals surface area (Å²) in [5.41, 5.74) is 0. The minimum Gasteiger partial charge on any atom is -0.147 e. The predicted octanol–water partition coefficient (Wildman–Crippen LogP) is 8.09. The molecule has 0 fully saturated rings. The van der Waals surface area contributed by atoms with E-state index in [0.29, 0.717) is 0 Å². The molecular formula is C16H41ClOPt. The predicted molar refractivity (Wildman–Crippen MR) is 91.8 cm³/mol. The van der Waals surface area contributed by atoms with Crippen molar-refractivity contribution in [3.63, 3.8) is 0 Å². The molecule has 0 amide bonds. The molecule has 19 heavy (non-hydrogen) atoms. The molecule has 0 unspecified atom stereocenters. The van der Waals surface area contributed by atoms with Crippen molar-refractivity contribution >= 4 is 12.4 Å². The SMILES string of the molecule is C[CH2][Pt](=[O])([CH2]C)([CH2]C)([CH2]C)([CH2]C)([CH2]C)([CH2]C)[CH2]C.Cl. The van der Waals surface area contributed by atoms with E-state index in [4.69, 9.17) is 0 Å². The Morgan fingerprint density at radius 2 is 0.579 bits per heavy atom. The van der Waals surface area contributed by atoms with E-state index in [1.807, 2.05) is 0 Å². The molecule has 0 rings (SSSR count). The molecular weight excluding hydrogens is 439 g/mol. The zero-order valence-corrected chi connectivity index (χ0v) is 17.9. The van der Waals surface area contributed by atoms with Crippen molar-refractivity contribution in [2.24, 2.45) is 0 Å². The fraction of sp³-hybridized carbons (Fsp3) is 1.00. The molecule has 0 heterocycles. The zero-order chi connectivity index (χ0) is 15.0. The van der Waals surface area contributed by atoms with Crippen molar-refractivity contribution in [3.8, 4) is 0 Å². The van der Waals surface area contributed by atoms with Crippen LogP contribution in [0, 0.1) is 0 Å². The van der Waals surface area contributed by atoms with E-state index in [0.717, 1.165) is 38.5 Å². The Bertz CT molecular complexity index is 401. The first-order chi connectivity index (χ1) is 7.88. The van der Waals surface area contributed by atoms with Gasteiger partial charge in [0.25, 0.3) is 0 Å². The number of rotatable bonds is 8. The van der Waals surface area contributed by atoms with Gasteiger partial charge in [-0.1, -0.05) is 0 Å². The van der Waals surface area contributed by atoms with E-state index in [9.17, 15) is 0 Å². The number of halogens is 1. The maximum Gasteiger partial charge on any atom is -0.147 e. The molecule has 0 aliphatic rings. The Morgan fingerprint density at radius 1 is 0.474 bits per heavy atom. The second kappa shape index (κ2) is 2.96. The van der Waals surface area contributed by atoms with Gasteiger partial charge in [0.2, 0.25) is 0 Å². The number of hydrogen-bond donors (Lipinski definition) is 0. The van der Waals surface area contributed by atoms with Gasteiger partial charge >= 0.3 is 107 Å². The first-order valence-electron chi connectivity index (χ1n) is 7.57. The summed E-state index contributed by atoms with van der Waals surface area (Å²) in [6.07, 6.45) is 0. The van der Waals surface area contributed by atoms with Gasteiger partial charge in [-0.15, -0.1) is 12.4 Å². The first-order valence-corrected chi connectivity index (χ1v) is 21.4. The van der Waals surface area contributed by atoms with Crippen molar-refractivity contribution in [1.82, 2.24) is 0 Å². The molecule has 0 aliphatic heterocycles. The summed E-state index contributed by atoms with van der Waals surface area (Å²) in [6, 6.07) is 0. The number of hydrogen-bond acceptors (Lipinski definition) is 1. The Kier molecular flexibility index (Phi) is 3.44. The monoisotopic (exact) mass is 479 g/mol. The Morgan fingerprint density at radius 3 is 0.579 bits per heavy atom. The minimum atomic E-state index is -5.56. The fourth-order valence-corrected chi connectivity index (χ4v) is 36.2. The van der Waals surface area contributed by atoms with Gasteiger partial charge in [0.05, 0.1) is 0 Å². The molecule has 0 aliphatic carbocycles. The molecule has 0 saturated carbocycles. The minimum absolute atomic E-state index is 0. The van der Waals surface area contributed by atoms with Crippen LogP contribution in [-0.4, -0.2) is 0 Å². The molecule has 0 spiro atoms. The van der Waals surface area contributed by atoms with Crippen molar-refractivity contribution < 1.29 is 13.2 Å².